The first-order valence-corrected chi connectivity index (χ1v) is 10.0. The SMILES string of the molecule is CN1C(=O)CN2C(=O)[C@@H](OCc3ccccc3)[C@]2(c2ccccc2)c2ccccc21. The smallest absolute Gasteiger partial charge is 0.256 e. The van der Waals surface area contributed by atoms with Crippen molar-refractivity contribution in [3.8, 4) is 0 Å². The molecule has 2 atom stereocenters. The summed E-state index contributed by atoms with van der Waals surface area (Å²) < 4.78 is 6.27. The zero-order valence-electron chi connectivity index (χ0n) is 16.7. The summed E-state index contributed by atoms with van der Waals surface area (Å²) in [6.07, 6.45) is -0.708. The summed E-state index contributed by atoms with van der Waals surface area (Å²) >= 11 is 0. The monoisotopic (exact) mass is 398 g/mol. The van der Waals surface area contributed by atoms with Crippen molar-refractivity contribution in [2.75, 3.05) is 18.5 Å². The fraction of sp³-hybridized carbons (Fsp3) is 0.200. The van der Waals surface area contributed by atoms with E-state index in [-0.39, 0.29) is 18.4 Å². The molecule has 0 aromatic heterocycles. The Hall–Kier alpha value is -3.44. The molecule has 0 unspecified atom stereocenters. The molecule has 5 heteroatoms. The molecule has 2 aliphatic rings. The summed E-state index contributed by atoms with van der Waals surface area (Å²) in [7, 11) is 1.76. The third-order valence-corrected chi connectivity index (χ3v) is 6.11. The fourth-order valence-electron chi connectivity index (χ4n) is 4.62. The molecule has 3 aromatic carbocycles. The van der Waals surface area contributed by atoms with Gasteiger partial charge in [-0.05, 0) is 17.2 Å². The molecule has 0 N–H and O–H groups in total. The predicted octanol–water partition coefficient (Wildman–Crippen LogP) is 3.33. The highest BCUT2D eigenvalue weighted by molar-refractivity contribution is 6.04. The van der Waals surface area contributed by atoms with Gasteiger partial charge in [-0.15, -0.1) is 0 Å². The molecule has 2 amide bonds. The Kier molecular flexibility index (Phi) is 4.40. The van der Waals surface area contributed by atoms with Crippen LogP contribution in [0.1, 0.15) is 16.7 Å². The van der Waals surface area contributed by atoms with Crippen LogP contribution in [0.15, 0.2) is 84.9 Å². The minimum absolute atomic E-state index is 0.0180. The number of hydrogen-bond donors (Lipinski definition) is 0. The van der Waals surface area contributed by atoms with Crippen LogP contribution in [-0.4, -0.2) is 36.4 Å². The number of rotatable bonds is 4. The number of β-lactam (4-membered cyclic amide) rings is 1. The number of hydrogen-bond acceptors (Lipinski definition) is 3. The van der Waals surface area contributed by atoms with E-state index in [0.29, 0.717) is 6.61 Å². The maximum atomic E-state index is 13.2. The molecule has 0 spiro atoms. The molecule has 30 heavy (non-hydrogen) atoms. The van der Waals surface area contributed by atoms with Crippen LogP contribution in [0.25, 0.3) is 0 Å². The van der Waals surface area contributed by atoms with Gasteiger partial charge in [-0.25, -0.2) is 0 Å². The molecule has 0 bridgehead atoms. The maximum Gasteiger partial charge on any atom is 0.256 e. The molecular weight excluding hydrogens is 376 g/mol. The van der Waals surface area contributed by atoms with Crippen molar-refractivity contribution in [1.29, 1.82) is 0 Å². The average Bonchev–Trinajstić information content (AvgIpc) is 2.88. The third-order valence-electron chi connectivity index (χ3n) is 6.11. The first kappa shape index (κ1) is 18.6. The molecule has 0 aliphatic carbocycles. The quantitative estimate of drug-likeness (QED) is 0.634. The fourth-order valence-corrected chi connectivity index (χ4v) is 4.62. The highest BCUT2D eigenvalue weighted by Gasteiger charge is 2.65. The van der Waals surface area contributed by atoms with E-state index in [9.17, 15) is 9.59 Å². The lowest BCUT2D eigenvalue weighted by molar-refractivity contribution is -0.192. The Balaban J connectivity index is 1.67. The van der Waals surface area contributed by atoms with Gasteiger partial charge in [0.25, 0.3) is 5.91 Å². The van der Waals surface area contributed by atoms with Gasteiger partial charge in [0.2, 0.25) is 5.91 Å². The molecule has 2 heterocycles. The lowest BCUT2D eigenvalue weighted by Crippen LogP contribution is -2.73. The zero-order valence-corrected chi connectivity index (χ0v) is 16.7. The second kappa shape index (κ2) is 7.11. The van der Waals surface area contributed by atoms with Crippen LogP contribution in [-0.2, 0) is 26.5 Å². The van der Waals surface area contributed by atoms with E-state index in [2.05, 4.69) is 0 Å². The summed E-state index contributed by atoms with van der Waals surface area (Å²) in [5.41, 5.74) is 2.81. The van der Waals surface area contributed by atoms with Gasteiger partial charge in [0.1, 0.15) is 12.1 Å². The third kappa shape index (κ3) is 2.59. The summed E-state index contributed by atoms with van der Waals surface area (Å²) in [4.78, 5) is 29.4. The van der Waals surface area contributed by atoms with Gasteiger partial charge in [0, 0.05) is 18.3 Å². The Labute approximate surface area is 175 Å². The Bertz CT molecular complexity index is 1100. The molecule has 0 radical (unpaired) electrons. The van der Waals surface area contributed by atoms with E-state index in [0.717, 1.165) is 22.4 Å². The molecule has 5 nitrogen and oxygen atoms in total. The number of fused-ring (bicyclic) bond motifs is 3. The second-order valence-corrected chi connectivity index (χ2v) is 7.70. The molecular formula is C25H22N2O3. The minimum atomic E-state index is -0.843. The molecule has 2 aliphatic heterocycles. The number of nitrogens with zero attached hydrogens (tertiary/aromatic N) is 2. The highest BCUT2D eigenvalue weighted by atomic mass is 16.5. The number of ether oxygens (including phenoxy) is 1. The molecule has 0 saturated carbocycles. The maximum absolute atomic E-state index is 13.2. The Morgan fingerprint density at radius 3 is 2.27 bits per heavy atom. The van der Waals surface area contributed by atoms with E-state index >= 15 is 0 Å². The van der Waals surface area contributed by atoms with Gasteiger partial charge >= 0.3 is 0 Å². The second-order valence-electron chi connectivity index (χ2n) is 7.70. The molecule has 150 valence electrons. The zero-order chi connectivity index (χ0) is 20.7. The van der Waals surface area contributed by atoms with Crippen molar-refractivity contribution in [2.45, 2.75) is 18.2 Å². The van der Waals surface area contributed by atoms with E-state index in [4.69, 9.17) is 4.74 Å². The summed E-state index contributed by atoms with van der Waals surface area (Å²) in [5.74, 6) is -0.275. The van der Waals surface area contributed by atoms with Crippen LogP contribution in [0.5, 0.6) is 0 Å². The van der Waals surface area contributed by atoms with Crippen LogP contribution >= 0.6 is 0 Å². The summed E-state index contributed by atoms with van der Waals surface area (Å²) in [5, 5.41) is 0. The Morgan fingerprint density at radius 2 is 1.53 bits per heavy atom. The molecule has 3 aromatic rings. The lowest BCUT2D eigenvalue weighted by atomic mass is 9.69. The number of anilines is 1. The minimum Gasteiger partial charge on any atom is -0.360 e. The van der Waals surface area contributed by atoms with Crippen molar-refractivity contribution in [3.05, 3.63) is 102 Å². The number of para-hydroxylation sites is 1. The van der Waals surface area contributed by atoms with E-state index in [1.807, 2.05) is 84.9 Å². The largest absolute Gasteiger partial charge is 0.360 e. The van der Waals surface area contributed by atoms with Crippen LogP contribution < -0.4 is 4.90 Å². The van der Waals surface area contributed by atoms with Crippen molar-refractivity contribution in [1.82, 2.24) is 4.90 Å². The van der Waals surface area contributed by atoms with Crippen LogP contribution in [0, 0.1) is 0 Å². The normalized spacial score (nSPS) is 22.8. The van der Waals surface area contributed by atoms with E-state index < -0.39 is 11.6 Å². The first-order valence-electron chi connectivity index (χ1n) is 10.0. The first-order chi connectivity index (χ1) is 14.6. The summed E-state index contributed by atoms with van der Waals surface area (Å²) in [6.45, 7) is 0.343. The van der Waals surface area contributed by atoms with Crippen LogP contribution in [0.2, 0.25) is 0 Å². The van der Waals surface area contributed by atoms with Gasteiger partial charge in [0.05, 0.1) is 6.61 Å². The predicted molar refractivity (Wildman–Crippen MR) is 114 cm³/mol. The van der Waals surface area contributed by atoms with Crippen molar-refractivity contribution < 1.29 is 14.3 Å². The summed E-state index contributed by atoms with van der Waals surface area (Å²) in [6, 6.07) is 27.5. The lowest BCUT2D eigenvalue weighted by Gasteiger charge is -2.56. The Morgan fingerprint density at radius 1 is 0.900 bits per heavy atom. The number of likely N-dealkylation sites (N-methyl/N-ethyl adjacent to an activating group) is 1. The van der Waals surface area contributed by atoms with E-state index in [1.54, 1.807) is 16.8 Å². The number of carbonyl (C=O) groups excluding carboxylic acids is 2. The van der Waals surface area contributed by atoms with Gasteiger partial charge < -0.3 is 14.5 Å². The van der Waals surface area contributed by atoms with Gasteiger partial charge in [-0.2, -0.15) is 0 Å². The number of amides is 2. The topological polar surface area (TPSA) is 49.9 Å². The van der Waals surface area contributed by atoms with Gasteiger partial charge in [0.15, 0.2) is 6.10 Å². The number of carbonyl (C=O) groups is 2. The van der Waals surface area contributed by atoms with Gasteiger partial charge in [-0.1, -0.05) is 78.9 Å². The van der Waals surface area contributed by atoms with Crippen LogP contribution in [0.3, 0.4) is 0 Å². The van der Waals surface area contributed by atoms with Crippen molar-refractivity contribution in [2.24, 2.45) is 0 Å². The molecule has 1 fully saturated rings. The van der Waals surface area contributed by atoms with E-state index in [1.165, 1.54) is 0 Å². The van der Waals surface area contributed by atoms with Gasteiger partial charge in [-0.3, -0.25) is 9.59 Å². The number of benzene rings is 3. The van der Waals surface area contributed by atoms with Crippen molar-refractivity contribution >= 4 is 17.5 Å². The standard InChI is InChI=1S/C25H22N2O3/c1-26-21-15-9-8-14-20(21)25(19-12-6-3-7-13-19)23(24(29)27(25)16-22(26)28)30-17-18-10-4-2-5-11-18/h2-15,23H,16-17H2,1H3/t23-,25+/m1/s1. The van der Waals surface area contributed by atoms with Crippen LogP contribution in [0.4, 0.5) is 5.69 Å². The van der Waals surface area contributed by atoms with Crippen molar-refractivity contribution in [3.63, 3.8) is 0 Å². The average molecular weight is 398 g/mol. The molecule has 5 rings (SSSR count). The molecule has 1 saturated heterocycles. The highest BCUT2D eigenvalue weighted by Crippen LogP contribution is 2.52.